The molecule has 0 bridgehead atoms. The Balaban J connectivity index is 2.04. The lowest BCUT2D eigenvalue weighted by Gasteiger charge is -2.37. The van der Waals surface area contributed by atoms with Crippen molar-refractivity contribution in [1.82, 2.24) is 9.62 Å². The van der Waals surface area contributed by atoms with Crippen LogP contribution in [0.4, 0.5) is 11.4 Å². The average Bonchev–Trinajstić information content (AvgIpc) is 2.60. The van der Waals surface area contributed by atoms with Crippen LogP contribution in [0, 0.1) is 0 Å². The minimum Gasteiger partial charge on any atom is -0.320 e. The van der Waals surface area contributed by atoms with Crippen LogP contribution in [0.15, 0.2) is 42.5 Å². The van der Waals surface area contributed by atoms with E-state index in [0.29, 0.717) is 34.5 Å². The summed E-state index contributed by atoms with van der Waals surface area (Å²) in [7, 11) is -1.85. The smallest absolute Gasteiger partial charge is 0.308 e. The Morgan fingerprint density at radius 3 is 2.58 bits per heavy atom. The molecule has 140 valence electrons. The highest BCUT2D eigenvalue weighted by Gasteiger charge is 2.38. The summed E-state index contributed by atoms with van der Waals surface area (Å²) in [4.78, 5) is 0. The van der Waals surface area contributed by atoms with E-state index in [1.165, 1.54) is 8.61 Å². The van der Waals surface area contributed by atoms with Crippen LogP contribution in [0.2, 0.25) is 10.0 Å². The molecule has 0 fully saturated rings. The van der Waals surface area contributed by atoms with Crippen LogP contribution in [-0.2, 0) is 16.8 Å². The zero-order valence-electron chi connectivity index (χ0n) is 14.5. The van der Waals surface area contributed by atoms with Gasteiger partial charge in [-0.15, -0.1) is 0 Å². The average molecular weight is 414 g/mol. The number of unbranched alkanes of at least 4 members (excludes halogenated alkanes) is 1. The van der Waals surface area contributed by atoms with Crippen LogP contribution in [0.25, 0.3) is 0 Å². The first kappa shape index (κ1) is 19.5. The first-order valence-electron chi connectivity index (χ1n) is 8.43. The number of halogens is 2. The quantitative estimate of drug-likeness (QED) is 0.722. The van der Waals surface area contributed by atoms with Crippen molar-refractivity contribution < 1.29 is 8.42 Å². The number of hydrogen-bond acceptors (Lipinski definition) is 3. The second kappa shape index (κ2) is 8.15. The molecule has 3 rings (SSSR count). The molecule has 0 atom stereocenters. The lowest BCUT2D eigenvalue weighted by molar-refractivity contribution is 0.389. The lowest BCUT2D eigenvalue weighted by atomic mass is 10.1. The maximum atomic E-state index is 13.3. The van der Waals surface area contributed by atoms with Crippen LogP contribution >= 0.6 is 23.2 Å². The molecule has 1 N–H and O–H groups in total. The van der Waals surface area contributed by atoms with E-state index in [0.717, 1.165) is 24.9 Å². The maximum absolute atomic E-state index is 13.3. The number of hydrogen-bond donors (Lipinski definition) is 1. The summed E-state index contributed by atoms with van der Waals surface area (Å²) < 4.78 is 29.5. The third-order valence-corrected chi connectivity index (χ3v) is 6.69. The largest absolute Gasteiger partial charge is 0.320 e. The summed E-state index contributed by atoms with van der Waals surface area (Å²) in [5.74, 6) is 0. The first-order chi connectivity index (χ1) is 12.4. The van der Waals surface area contributed by atoms with Crippen molar-refractivity contribution in [3.63, 3.8) is 0 Å². The predicted molar refractivity (Wildman–Crippen MR) is 108 cm³/mol. The van der Waals surface area contributed by atoms with Gasteiger partial charge in [0.05, 0.1) is 16.4 Å². The van der Waals surface area contributed by atoms with Gasteiger partial charge in [-0.2, -0.15) is 12.7 Å². The van der Waals surface area contributed by atoms with E-state index in [2.05, 4.69) is 5.32 Å². The molecule has 2 aromatic rings. The van der Waals surface area contributed by atoms with Crippen LogP contribution < -0.4 is 9.62 Å². The van der Waals surface area contributed by atoms with E-state index in [4.69, 9.17) is 23.2 Å². The van der Waals surface area contributed by atoms with Crippen molar-refractivity contribution >= 4 is 44.8 Å². The minimum absolute atomic E-state index is 0.304. The van der Waals surface area contributed by atoms with E-state index in [-0.39, 0.29) is 0 Å². The van der Waals surface area contributed by atoms with Gasteiger partial charge in [0.2, 0.25) is 0 Å². The van der Waals surface area contributed by atoms with Gasteiger partial charge in [-0.3, -0.25) is 0 Å². The molecule has 0 saturated carbocycles. The summed E-state index contributed by atoms with van der Waals surface area (Å²) in [5, 5.41) is 4.04. The van der Waals surface area contributed by atoms with E-state index in [1.54, 1.807) is 36.4 Å². The summed E-state index contributed by atoms with van der Waals surface area (Å²) in [6.45, 7) is 1.60. The monoisotopic (exact) mass is 413 g/mol. The van der Waals surface area contributed by atoms with Gasteiger partial charge in [0, 0.05) is 18.1 Å². The molecule has 0 aromatic heterocycles. The lowest BCUT2D eigenvalue weighted by Crippen LogP contribution is -2.45. The molecule has 1 aliphatic rings. The van der Waals surface area contributed by atoms with Gasteiger partial charge in [-0.1, -0.05) is 35.3 Å². The van der Waals surface area contributed by atoms with E-state index < -0.39 is 10.2 Å². The summed E-state index contributed by atoms with van der Waals surface area (Å²) in [6.07, 6.45) is 1.67. The molecule has 0 saturated heterocycles. The SMILES string of the molecule is CNCCCCN1Cc2cc(Cl)ccc2N(c2ccccc2Cl)S1(=O)=O. The Hall–Kier alpha value is -1.31. The van der Waals surface area contributed by atoms with E-state index in [1.807, 2.05) is 13.1 Å². The summed E-state index contributed by atoms with van der Waals surface area (Å²) in [5.41, 5.74) is 1.90. The Morgan fingerprint density at radius 1 is 1.08 bits per heavy atom. The van der Waals surface area contributed by atoms with Gasteiger partial charge in [0.1, 0.15) is 0 Å². The molecule has 8 heteroatoms. The Bertz CT molecular complexity index is 890. The van der Waals surface area contributed by atoms with Crippen molar-refractivity contribution in [2.45, 2.75) is 19.4 Å². The normalized spacial score (nSPS) is 16.5. The fourth-order valence-corrected chi connectivity index (χ4v) is 5.24. The molecule has 0 unspecified atom stereocenters. The van der Waals surface area contributed by atoms with Crippen molar-refractivity contribution in [3.8, 4) is 0 Å². The molecule has 26 heavy (non-hydrogen) atoms. The van der Waals surface area contributed by atoms with Crippen molar-refractivity contribution in [1.29, 1.82) is 0 Å². The van der Waals surface area contributed by atoms with E-state index in [9.17, 15) is 8.42 Å². The van der Waals surface area contributed by atoms with Crippen molar-refractivity contribution in [2.75, 3.05) is 24.4 Å². The highest BCUT2D eigenvalue weighted by molar-refractivity contribution is 7.91. The number of nitrogens with zero attached hydrogens (tertiary/aromatic N) is 2. The second-order valence-electron chi connectivity index (χ2n) is 6.14. The van der Waals surface area contributed by atoms with Crippen molar-refractivity contribution in [2.24, 2.45) is 0 Å². The van der Waals surface area contributed by atoms with Crippen LogP contribution in [-0.4, -0.2) is 32.9 Å². The predicted octanol–water partition coefficient (Wildman–Crippen LogP) is 4.19. The topological polar surface area (TPSA) is 52.6 Å². The highest BCUT2D eigenvalue weighted by atomic mass is 35.5. The molecule has 5 nitrogen and oxygen atoms in total. The molecular formula is C18H21Cl2N3O2S. The number of rotatable bonds is 6. The molecule has 1 heterocycles. The maximum Gasteiger partial charge on any atom is 0.308 e. The van der Waals surface area contributed by atoms with Gasteiger partial charge >= 0.3 is 10.2 Å². The fourth-order valence-electron chi connectivity index (χ4n) is 3.05. The van der Waals surface area contributed by atoms with Crippen molar-refractivity contribution in [3.05, 3.63) is 58.1 Å². The van der Waals surface area contributed by atoms with Crippen LogP contribution in [0.5, 0.6) is 0 Å². The second-order valence-corrected chi connectivity index (χ2v) is 8.76. The van der Waals surface area contributed by atoms with Gasteiger partial charge < -0.3 is 5.32 Å². The first-order valence-corrected chi connectivity index (χ1v) is 10.6. The molecule has 1 aliphatic heterocycles. The fraction of sp³-hybridized carbons (Fsp3) is 0.333. The molecule has 0 radical (unpaired) electrons. The van der Waals surface area contributed by atoms with Crippen LogP contribution in [0.1, 0.15) is 18.4 Å². The molecular weight excluding hydrogens is 393 g/mol. The Kier molecular flexibility index (Phi) is 6.10. The Labute approximate surface area is 164 Å². The standard InChI is InChI=1S/C18H21Cl2N3O2S/c1-21-10-4-5-11-22-13-14-12-15(19)8-9-17(14)23(26(22,24)25)18-7-3-2-6-16(18)20/h2-3,6-9,12,21H,4-5,10-11,13H2,1H3. The van der Waals surface area contributed by atoms with Gasteiger partial charge in [0.25, 0.3) is 0 Å². The van der Waals surface area contributed by atoms with Gasteiger partial charge in [-0.05, 0) is 62.3 Å². The Morgan fingerprint density at radius 2 is 1.85 bits per heavy atom. The van der Waals surface area contributed by atoms with E-state index >= 15 is 0 Å². The molecule has 0 spiro atoms. The summed E-state index contributed by atoms with van der Waals surface area (Å²) >= 11 is 12.5. The highest BCUT2D eigenvalue weighted by Crippen LogP contribution is 2.41. The van der Waals surface area contributed by atoms with Gasteiger partial charge in [0.15, 0.2) is 0 Å². The third kappa shape index (κ3) is 3.85. The third-order valence-electron chi connectivity index (χ3n) is 4.32. The number of nitrogens with one attached hydrogen (secondary N) is 1. The number of para-hydroxylation sites is 1. The number of fused-ring (bicyclic) bond motifs is 1. The zero-order valence-corrected chi connectivity index (χ0v) is 16.8. The summed E-state index contributed by atoms with van der Waals surface area (Å²) in [6, 6.07) is 12.2. The molecule has 0 amide bonds. The molecule has 2 aromatic carbocycles. The zero-order chi connectivity index (χ0) is 18.7. The minimum atomic E-state index is -3.73. The molecule has 0 aliphatic carbocycles. The van der Waals surface area contributed by atoms with Crippen LogP contribution in [0.3, 0.4) is 0 Å². The number of benzene rings is 2. The number of anilines is 2. The van der Waals surface area contributed by atoms with Gasteiger partial charge in [-0.25, -0.2) is 4.31 Å².